The molecule has 3 aromatic heterocycles. The Labute approximate surface area is 166 Å². The molecule has 1 amide bonds. The van der Waals surface area contributed by atoms with Crippen molar-refractivity contribution < 1.29 is 13.9 Å². The van der Waals surface area contributed by atoms with E-state index in [1.807, 2.05) is 23.6 Å². The van der Waals surface area contributed by atoms with Crippen molar-refractivity contribution in [3.63, 3.8) is 0 Å². The van der Waals surface area contributed by atoms with E-state index < -0.39 is 6.10 Å². The third-order valence-corrected chi connectivity index (χ3v) is 4.87. The zero-order chi connectivity index (χ0) is 20.5. The number of benzene rings is 1. The fourth-order valence-corrected chi connectivity index (χ4v) is 3.06. The highest BCUT2D eigenvalue weighted by Crippen LogP contribution is 2.24. The summed E-state index contributed by atoms with van der Waals surface area (Å²) >= 11 is 0. The number of aryl methyl sites for hydroxylation is 1. The van der Waals surface area contributed by atoms with Crippen molar-refractivity contribution in [1.82, 2.24) is 19.7 Å². The lowest BCUT2D eigenvalue weighted by atomic mass is 10.1. The number of nitrogens with zero attached hydrogens (tertiary/aromatic N) is 3. The van der Waals surface area contributed by atoms with E-state index in [0.29, 0.717) is 22.5 Å². The highest BCUT2D eigenvalue weighted by Gasteiger charge is 2.16. The molecule has 0 spiro atoms. The number of fused-ring (bicyclic) bond motifs is 2. The zero-order valence-electron chi connectivity index (χ0n) is 16.3. The van der Waals surface area contributed by atoms with Gasteiger partial charge in [-0.05, 0) is 38.5 Å². The molecule has 0 bridgehead atoms. The van der Waals surface area contributed by atoms with Gasteiger partial charge < -0.3 is 18.9 Å². The number of carbonyl (C=O) groups is 1. The molecular weight excluding hydrogens is 372 g/mol. The number of carbonyl (C=O) groups excluding carboxylic acids is 1. The predicted molar refractivity (Wildman–Crippen MR) is 107 cm³/mol. The van der Waals surface area contributed by atoms with Crippen LogP contribution in [0, 0.1) is 13.8 Å². The summed E-state index contributed by atoms with van der Waals surface area (Å²) in [5, 5.41) is 3.65. The van der Waals surface area contributed by atoms with Gasteiger partial charge in [0.05, 0.1) is 18.4 Å². The highest BCUT2D eigenvalue weighted by atomic mass is 16.5. The predicted octanol–water partition coefficient (Wildman–Crippen LogP) is 2.54. The standard InChI is InChI=1S/C21H20N4O4/c1-12-13(2)21(27)29-18-8-16(4-5-17(12)18)28-14(3)20(26)23-9-15-11-25-7-6-22-10-19(25)24-15/h4-8,10-11,14H,9H2,1-3H3,(H,23,26). The van der Waals surface area contributed by atoms with E-state index in [0.717, 1.165) is 16.6 Å². The van der Waals surface area contributed by atoms with Crippen molar-refractivity contribution in [1.29, 1.82) is 0 Å². The second-order valence-corrected chi connectivity index (χ2v) is 6.85. The van der Waals surface area contributed by atoms with Crippen molar-refractivity contribution in [2.75, 3.05) is 0 Å². The molecular formula is C21H20N4O4. The molecule has 8 heteroatoms. The molecule has 3 heterocycles. The maximum absolute atomic E-state index is 12.4. The molecule has 0 aliphatic heterocycles. The lowest BCUT2D eigenvalue weighted by Crippen LogP contribution is -2.36. The van der Waals surface area contributed by atoms with Crippen LogP contribution in [0.5, 0.6) is 5.75 Å². The van der Waals surface area contributed by atoms with E-state index in [2.05, 4.69) is 15.3 Å². The van der Waals surface area contributed by atoms with Gasteiger partial charge in [-0.3, -0.25) is 9.78 Å². The van der Waals surface area contributed by atoms with Crippen LogP contribution in [-0.2, 0) is 11.3 Å². The minimum absolute atomic E-state index is 0.276. The van der Waals surface area contributed by atoms with Crippen LogP contribution in [-0.4, -0.2) is 26.4 Å². The maximum atomic E-state index is 12.4. The molecule has 4 rings (SSSR count). The first-order valence-electron chi connectivity index (χ1n) is 9.18. The number of amides is 1. The molecule has 8 nitrogen and oxygen atoms in total. The minimum atomic E-state index is -0.732. The highest BCUT2D eigenvalue weighted by molar-refractivity contribution is 5.83. The van der Waals surface area contributed by atoms with Gasteiger partial charge in [-0.1, -0.05) is 0 Å². The molecule has 0 aliphatic rings. The zero-order valence-corrected chi connectivity index (χ0v) is 16.3. The Hall–Kier alpha value is -3.68. The largest absolute Gasteiger partial charge is 0.481 e. The first kappa shape index (κ1) is 18.7. The number of hydrogen-bond donors (Lipinski definition) is 1. The third-order valence-electron chi connectivity index (χ3n) is 4.87. The van der Waals surface area contributed by atoms with E-state index in [1.54, 1.807) is 44.6 Å². The van der Waals surface area contributed by atoms with E-state index in [9.17, 15) is 9.59 Å². The Morgan fingerprint density at radius 1 is 1.31 bits per heavy atom. The van der Waals surface area contributed by atoms with Gasteiger partial charge in [0, 0.05) is 35.6 Å². The average molecular weight is 392 g/mol. The Morgan fingerprint density at radius 3 is 2.93 bits per heavy atom. The van der Waals surface area contributed by atoms with Gasteiger partial charge in [-0.2, -0.15) is 0 Å². The molecule has 0 radical (unpaired) electrons. The summed E-state index contributed by atoms with van der Waals surface area (Å²) in [6, 6.07) is 5.21. The number of aromatic nitrogens is 3. The van der Waals surface area contributed by atoms with Crippen LogP contribution >= 0.6 is 0 Å². The van der Waals surface area contributed by atoms with Gasteiger partial charge in [0.1, 0.15) is 11.3 Å². The Kier molecular flexibility index (Phi) is 4.75. The molecule has 4 aromatic rings. The van der Waals surface area contributed by atoms with E-state index in [-0.39, 0.29) is 18.1 Å². The second kappa shape index (κ2) is 7.38. The Balaban J connectivity index is 1.44. The van der Waals surface area contributed by atoms with Crippen molar-refractivity contribution in [2.24, 2.45) is 0 Å². The van der Waals surface area contributed by atoms with Gasteiger partial charge in [-0.25, -0.2) is 9.78 Å². The van der Waals surface area contributed by atoms with Gasteiger partial charge in [0.15, 0.2) is 11.8 Å². The summed E-state index contributed by atoms with van der Waals surface area (Å²) in [5.74, 6) is 0.173. The summed E-state index contributed by atoms with van der Waals surface area (Å²) in [7, 11) is 0. The first-order chi connectivity index (χ1) is 13.9. The second-order valence-electron chi connectivity index (χ2n) is 6.85. The van der Waals surface area contributed by atoms with Crippen molar-refractivity contribution in [3.05, 3.63) is 70.2 Å². The van der Waals surface area contributed by atoms with E-state index >= 15 is 0 Å². The van der Waals surface area contributed by atoms with E-state index in [1.165, 1.54) is 0 Å². The number of hydrogen-bond acceptors (Lipinski definition) is 6. The summed E-state index contributed by atoms with van der Waals surface area (Å²) in [6.07, 6.45) is 6.21. The Morgan fingerprint density at radius 2 is 2.14 bits per heavy atom. The van der Waals surface area contributed by atoms with Crippen LogP contribution in [0.4, 0.5) is 0 Å². The molecule has 0 saturated heterocycles. The molecule has 0 saturated carbocycles. The number of imidazole rings is 1. The third kappa shape index (κ3) is 3.69. The molecule has 0 fully saturated rings. The molecule has 0 aliphatic carbocycles. The summed E-state index contributed by atoms with van der Waals surface area (Å²) in [6.45, 7) is 5.54. The van der Waals surface area contributed by atoms with Gasteiger partial charge in [0.25, 0.3) is 5.91 Å². The van der Waals surface area contributed by atoms with Crippen LogP contribution in [0.2, 0.25) is 0 Å². The maximum Gasteiger partial charge on any atom is 0.339 e. The van der Waals surface area contributed by atoms with Crippen LogP contribution in [0.1, 0.15) is 23.7 Å². The lowest BCUT2D eigenvalue weighted by molar-refractivity contribution is -0.127. The fraction of sp³-hybridized carbons (Fsp3) is 0.238. The first-order valence-corrected chi connectivity index (χ1v) is 9.18. The summed E-state index contributed by atoms with van der Waals surface area (Å²) in [5.41, 5.74) is 2.95. The average Bonchev–Trinajstić information content (AvgIpc) is 3.13. The smallest absolute Gasteiger partial charge is 0.339 e. The summed E-state index contributed by atoms with van der Waals surface area (Å²) < 4.78 is 12.9. The van der Waals surface area contributed by atoms with Crippen LogP contribution in [0.15, 0.2) is 52.2 Å². The number of ether oxygens (including phenoxy) is 1. The number of nitrogens with one attached hydrogen (secondary N) is 1. The van der Waals surface area contributed by atoms with Crippen molar-refractivity contribution in [3.8, 4) is 5.75 Å². The Bertz CT molecular complexity index is 1240. The van der Waals surface area contributed by atoms with Crippen molar-refractivity contribution >= 4 is 22.5 Å². The normalized spacial score (nSPS) is 12.2. The topological polar surface area (TPSA) is 98.7 Å². The van der Waals surface area contributed by atoms with Crippen molar-refractivity contribution in [2.45, 2.75) is 33.4 Å². The number of rotatable bonds is 5. The molecule has 1 N–H and O–H groups in total. The van der Waals surface area contributed by atoms with Crippen LogP contribution in [0.3, 0.4) is 0 Å². The van der Waals surface area contributed by atoms with Gasteiger partial charge in [-0.15, -0.1) is 0 Å². The summed E-state index contributed by atoms with van der Waals surface area (Å²) in [4.78, 5) is 32.7. The SMILES string of the molecule is Cc1c(C)c2ccc(OC(C)C(=O)NCc3cn4ccncc4n3)cc2oc1=O. The molecule has 148 valence electrons. The van der Waals surface area contributed by atoms with Crippen LogP contribution < -0.4 is 15.7 Å². The van der Waals surface area contributed by atoms with Gasteiger partial charge >= 0.3 is 5.63 Å². The fourth-order valence-electron chi connectivity index (χ4n) is 3.06. The molecule has 1 unspecified atom stereocenters. The molecule has 29 heavy (non-hydrogen) atoms. The molecule has 1 aromatic carbocycles. The quantitative estimate of drug-likeness (QED) is 0.524. The van der Waals surface area contributed by atoms with Gasteiger partial charge in [0.2, 0.25) is 0 Å². The molecule has 1 atom stereocenters. The minimum Gasteiger partial charge on any atom is -0.481 e. The van der Waals surface area contributed by atoms with E-state index in [4.69, 9.17) is 9.15 Å². The monoisotopic (exact) mass is 392 g/mol. The van der Waals surface area contributed by atoms with Crippen LogP contribution in [0.25, 0.3) is 16.6 Å². The lowest BCUT2D eigenvalue weighted by Gasteiger charge is -2.15.